The number of rotatable bonds is 43. The number of aliphatic hydroxyl groups is 11. The van der Waals surface area contributed by atoms with Crippen molar-refractivity contribution in [3.8, 4) is 0 Å². The first kappa shape index (κ1) is 75.2. The molecule has 0 aliphatic carbocycles. The van der Waals surface area contributed by atoms with Crippen molar-refractivity contribution >= 4 is 5.91 Å². The normalized spacial score (nSPS) is 29.9. The Kier molecular flexibility index (Phi) is 41.6. The molecule has 12 N–H and O–H groups in total. The molecular formula is C66H105NO18. The highest BCUT2D eigenvalue weighted by Gasteiger charge is 2.53. The minimum atomic E-state index is -1.98. The van der Waals surface area contributed by atoms with Gasteiger partial charge in [0.1, 0.15) is 73.2 Å². The lowest BCUT2D eigenvalue weighted by Gasteiger charge is -2.48. The maximum Gasteiger partial charge on any atom is 0.220 e. The van der Waals surface area contributed by atoms with Gasteiger partial charge in [-0.25, -0.2) is 0 Å². The van der Waals surface area contributed by atoms with Crippen LogP contribution >= 0.6 is 0 Å². The highest BCUT2D eigenvalue weighted by atomic mass is 16.8. The summed E-state index contributed by atoms with van der Waals surface area (Å²) in [7, 11) is 0. The second-order valence-corrected chi connectivity index (χ2v) is 21.4. The molecule has 3 aliphatic heterocycles. The van der Waals surface area contributed by atoms with E-state index in [1.165, 1.54) is 6.08 Å². The Morgan fingerprint density at radius 3 is 1.25 bits per heavy atom. The van der Waals surface area contributed by atoms with E-state index in [9.17, 15) is 61.0 Å². The molecule has 3 heterocycles. The van der Waals surface area contributed by atoms with E-state index in [0.29, 0.717) is 12.8 Å². The molecule has 17 unspecified atom stereocenters. The van der Waals surface area contributed by atoms with E-state index in [0.717, 1.165) is 109 Å². The van der Waals surface area contributed by atoms with Crippen LogP contribution in [0, 0.1) is 0 Å². The van der Waals surface area contributed by atoms with Crippen LogP contribution in [0.25, 0.3) is 0 Å². The van der Waals surface area contributed by atoms with Gasteiger partial charge < -0.3 is 89.9 Å². The van der Waals surface area contributed by atoms with E-state index in [-0.39, 0.29) is 18.9 Å². The maximum atomic E-state index is 13.1. The fourth-order valence-corrected chi connectivity index (χ4v) is 9.40. The van der Waals surface area contributed by atoms with E-state index in [1.807, 2.05) is 6.92 Å². The molecule has 3 saturated heterocycles. The zero-order chi connectivity index (χ0) is 61.9. The first-order valence-electron chi connectivity index (χ1n) is 30.9. The Morgan fingerprint density at radius 1 is 0.435 bits per heavy atom. The maximum absolute atomic E-state index is 13.1. The van der Waals surface area contributed by atoms with Crippen LogP contribution < -0.4 is 5.32 Å². The van der Waals surface area contributed by atoms with Crippen LogP contribution in [0.15, 0.2) is 134 Å². The largest absolute Gasteiger partial charge is 0.394 e. The zero-order valence-corrected chi connectivity index (χ0v) is 50.3. The smallest absolute Gasteiger partial charge is 0.220 e. The summed E-state index contributed by atoms with van der Waals surface area (Å²) in [6, 6.07) is -0.986. The van der Waals surface area contributed by atoms with Crippen LogP contribution in [-0.2, 0) is 33.2 Å². The van der Waals surface area contributed by atoms with E-state index in [2.05, 4.69) is 134 Å². The molecular weight excluding hydrogens is 1090 g/mol. The van der Waals surface area contributed by atoms with Gasteiger partial charge in [0.15, 0.2) is 18.9 Å². The molecule has 482 valence electrons. The number of nitrogens with one attached hydrogen (secondary N) is 1. The second kappa shape index (κ2) is 47.0. The van der Waals surface area contributed by atoms with E-state index in [4.69, 9.17) is 28.4 Å². The van der Waals surface area contributed by atoms with Crippen molar-refractivity contribution in [3.63, 3.8) is 0 Å². The second-order valence-electron chi connectivity index (χ2n) is 21.4. The molecule has 0 saturated carbocycles. The number of allylic oxidation sites excluding steroid dienone is 21. The van der Waals surface area contributed by atoms with Crippen molar-refractivity contribution in [3.05, 3.63) is 134 Å². The molecule has 3 fully saturated rings. The average molecular weight is 1200 g/mol. The van der Waals surface area contributed by atoms with Gasteiger partial charge in [-0.05, 0) is 89.9 Å². The highest BCUT2D eigenvalue weighted by Crippen LogP contribution is 2.33. The van der Waals surface area contributed by atoms with Gasteiger partial charge in [-0.1, -0.05) is 180 Å². The van der Waals surface area contributed by atoms with E-state index >= 15 is 0 Å². The van der Waals surface area contributed by atoms with E-state index in [1.54, 1.807) is 6.08 Å². The summed E-state index contributed by atoms with van der Waals surface area (Å²) in [5.41, 5.74) is 0. The quantitative estimate of drug-likeness (QED) is 0.0237. The van der Waals surface area contributed by atoms with Crippen molar-refractivity contribution in [1.29, 1.82) is 0 Å². The van der Waals surface area contributed by atoms with Gasteiger partial charge in [0.25, 0.3) is 0 Å². The number of ether oxygens (including phenoxy) is 6. The zero-order valence-electron chi connectivity index (χ0n) is 50.3. The fourth-order valence-electron chi connectivity index (χ4n) is 9.40. The minimum Gasteiger partial charge on any atom is -0.394 e. The minimum absolute atomic E-state index is 0.213. The Hall–Kier alpha value is -4.07. The number of carbonyl (C=O) groups excluding carboxylic acids is 1. The Balaban J connectivity index is 1.28. The summed E-state index contributed by atoms with van der Waals surface area (Å²) in [5.74, 6) is -0.311. The topological polar surface area (TPSA) is 307 Å². The van der Waals surface area contributed by atoms with Gasteiger partial charge in [-0.2, -0.15) is 0 Å². The summed E-state index contributed by atoms with van der Waals surface area (Å²) in [6.07, 6.45) is 38.7. The molecule has 19 heteroatoms. The van der Waals surface area contributed by atoms with Gasteiger partial charge in [0.05, 0.1) is 38.6 Å². The Labute approximate surface area is 505 Å². The van der Waals surface area contributed by atoms with Gasteiger partial charge in [0.2, 0.25) is 5.91 Å². The molecule has 0 aromatic rings. The monoisotopic (exact) mass is 1200 g/mol. The molecule has 3 rings (SSSR count). The Morgan fingerprint density at radius 2 is 0.812 bits per heavy atom. The highest BCUT2D eigenvalue weighted by molar-refractivity contribution is 5.76. The van der Waals surface area contributed by atoms with Gasteiger partial charge in [-0.15, -0.1) is 0 Å². The predicted molar refractivity (Wildman–Crippen MR) is 327 cm³/mol. The molecule has 0 spiro atoms. The Bertz CT molecular complexity index is 2060. The molecule has 0 aromatic carbocycles. The molecule has 0 bridgehead atoms. The predicted octanol–water partition coefficient (Wildman–Crippen LogP) is 6.26. The van der Waals surface area contributed by atoms with Crippen LogP contribution in [0.3, 0.4) is 0 Å². The molecule has 3 aliphatic rings. The van der Waals surface area contributed by atoms with Crippen LogP contribution in [-0.4, -0.2) is 193 Å². The lowest BCUT2D eigenvalue weighted by Crippen LogP contribution is -2.66. The summed E-state index contributed by atoms with van der Waals surface area (Å²) in [6.45, 7) is 1.31. The molecule has 85 heavy (non-hydrogen) atoms. The number of carbonyl (C=O) groups is 1. The number of hydrogen-bond donors (Lipinski definition) is 12. The number of unbranched alkanes of at least 4 members (excludes halogenated alkanes) is 7. The summed E-state index contributed by atoms with van der Waals surface area (Å²) < 4.78 is 33.9. The van der Waals surface area contributed by atoms with Crippen molar-refractivity contribution in [1.82, 2.24) is 5.32 Å². The molecule has 17 atom stereocenters. The average Bonchev–Trinajstić information content (AvgIpc) is 3.44. The van der Waals surface area contributed by atoms with Crippen molar-refractivity contribution in [2.24, 2.45) is 0 Å². The van der Waals surface area contributed by atoms with Crippen LogP contribution in [0.4, 0.5) is 0 Å². The molecule has 19 nitrogen and oxygen atoms in total. The fraction of sp³-hybridized carbons (Fsp3) is 0.652. The molecule has 1 amide bonds. The summed E-state index contributed by atoms with van der Waals surface area (Å²) in [4.78, 5) is 13.1. The van der Waals surface area contributed by atoms with E-state index < -0.39 is 124 Å². The van der Waals surface area contributed by atoms with Gasteiger partial charge in [-0.3, -0.25) is 4.79 Å². The standard InChI is InChI=1S/C66H105NO18/c1-3-5-7-8-9-10-11-12-13-14-15-16-17-18-19-20-21-22-23-24-25-26-27-28-29-30-31-32-33-34-35-36-37-38-39-40-42-44-54(72)67-49(50(71)43-41-6-4-2)48-80-64-60(78)57(75)62(52(46-69)82-64)85-66-61(79)58(76)63(53(47-70)83-66)84-65-59(77)56(74)55(73)51(45-68)81-65/h5,7,9-10,12-13,15-16,18-19,21-22,24-25,27-28,30-31,33-34,41,43,49-53,55-66,68-71,73-79H,3-4,6,8,11,14,17,20,23,26,29,32,35-40,42,44-48H2,1-2H3,(H,67,72)/b7-5-,10-9-,13-12-,16-15-,19-18-,22-21-,25-24-,28-27-,31-30-,34-33-,43-41+. The summed E-state index contributed by atoms with van der Waals surface area (Å²) in [5, 5.41) is 119. The third kappa shape index (κ3) is 30.1. The van der Waals surface area contributed by atoms with Crippen LogP contribution in [0.1, 0.15) is 142 Å². The number of amides is 1. The van der Waals surface area contributed by atoms with Crippen LogP contribution in [0.2, 0.25) is 0 Å². The number of aliphatic hydroxyl groups excluding tert-OH is 11. The SMILES string of the molecule is CC/C=C\C/C=C\C/C=C\C/C=C\C/C=C\C/C=C\C/C=C\C/C=C\C/C=C\C/C=C\CCCCCCCCC(=O)NC(COC1OC(CO)C(OC2OC(CO)C(OC3OC(CO)C(O)C(O)C3O)C(O)C2O)C(O)C1O)C(O)/C=C/CCC. The molecule has 0 radical (unpaired) electrons. The van der Waals surface area contributed by atoms with Crippen LogP contribution in [0.5, 0.6) is 0 Å². The van der Waals surface area contributed by atoms with Gasteiger partial charge in [0, 0.05) is 6.42 Å². The third-order valence-electron chi connectivity index (χ3n) is 14.4. The first-order chi connectivity index (χ1) is 41.3. The van der Waals surface area contributed by atoms with Crippen molar-refractivity contribution in [2.75, 3.05) is 26.4 Å². The number of hydrogen-bond acceptors (Lipinski definition) is 18. The first-order valence-corrected chi connectivity index (χ1v) is 30.9. The lowest BCUT2D eigenvalue weighted by molar-refractivity contribution is -0.379. The van der Waals surface area contributed by atoms with Crippen molar-refractivity contribution in [2.45, 2.75) is 247 Å². The third-order valence-corrected chi connectivity index (χ3v) is 14.4. The molecule has 0 aromatic heterocycles. The lowest BCUT2D eigenvalue weighted by atomic mass is 9.96. The van der Waals surface area contributed by atoms with Crippen molar-refractivity contribution < 1.29 is 89.4 Å². The van der Waals surface area contributed by atoms with Gasteiger partial charge >= 0.3 is 0 Å². The summed E-state index contributed by atoms with van der Waals surface area (Å²) >= 11 is 0.